The molecule has 4 nitrogen and oxygen atoms in total. The van der Waals surface area contributed by atoms with Crippen LogP contribution in [0.1, 0.15) is 20.3 Å². The Balaban J connectivity index is 3.91. The highest BCUT2D eigenvalue weighted by atomic mass is 31.2. The van der Waals surface area contributed by atoms with Crippen LogP contribution in [0.15, 0.2) is 12.7 Å². The monoisotopic (exact) mass is 206 g/mol. The second-order valence-corrected chi connectivity index (χ2v) is 4.48. The molecule has 0 amide bonds. The van der Waals surface area contributed by atoms with E-state index < -0.39 is 7.67 Å². The number of rotatable bonds is 8. The summed E-state index contributed by atoms with van der Waals surface area (Å²) >= 11 is 0. The highest BCUT2D eigenvalue weighted by Crippen LogP contribution is 2.36. The van der Waals surface area contributed by atoms with Crippen LogP contribution in [-0.4, -0.2) is 19.7 Å². The molecule has 0 saturated heterocycles. The Morgan fingerprint density at radius 2 is 1.92 bits per heavy atom. The van der Waals surface area contributed by atoms with E-state index in [2.05, 4.69) is 16.8 Å². The Bertz CT molecular complexity index is 175. The first kappa shape index (κ1) is 12.8. The molecule has 0 aromatic carbocycles. The lowest BCUT2D eigenvalue weighted by Crippen LogP contribution is -2.24. The highest BCUT2D eigenvalue weighted by Gasteiger charge is 2.19. The van der Waals surface area contributed by atoms with Crippen molar-refractivity contribution in [2.75, 3.05) is 19.7 Å². The SMILES string of the molecule is C=CCCOP(=O)(NCC)NCC. The Hall–Kier alpha value is -0.150. The van der Waals surface area contributed by atoms with Crippen LogP contribution in [0.4, 0.5) is 0 Å². The predicted octanol–water partition coefficient (Wildman–Crippen LogP) is 1.91. The van der Waals surface area contributed by atoms with Crippen LogP contribution in [0.2, 0.25) is 0 Å². The maximum absolute atomic E-state index is 11.8. The minimum atomic E-state index is -2.80. The van der Waals surface area contributed by atoms with Gasteiger partial charge in [0, 0.05) is 13.1 Å². The van der Waals surface area contributed by atoms with E-state index in [-0.39, 0.29) is 0 Å². The first-order valence-electron chi connectivity index (χ1n) is 4.54. The zero-order chi connectivity index (χ0) is 10.2. The second kappa shape index (κ2) is 7.27. The van der Waals surface area contributed by atoms with Gasteiger partial charge in [-0.2, -0.15) is 0 Å². The molecule has 0 spiro atoms. The van der Waals surface area contributed by atoms with Gasteiger partial charge >= 0.3 is 7.67 Å². The third kappa shape index (κ3) is 5.99. The molecule has 2 N–H and O–H groups in total. The lowest BCUT2D eigenvalue weighted by atomic mass is 10.5. The molecule has 0 fully saturated rings. The highest BCUT2D eigenvalue weighted by molar-refractivity contribution is 7.54. The first-order chi connectivity index (χ1) is 6.18. The van der Waals surface area contributed by atoms with Gasteiger partial charge in [-0.1, -0.05) is 19.9 Å². The van der Waals surface area contributed by atoms with Crippen LogP contribution in [-0.2, 0) is 9.09 Å². The van der Waals surface area contributed by atoms with Gasteiger partial charge in [0.25, 0.3) is 0 Å². The van der Waals surface area contributed by atoms with Gasteiger partial charge in [0.05, 0.1) is 6.61 Å². The molecule has 5 heteroatoms. The number of hydrogen-bond donors (Lipinski definition) is 2. The van der Waals surface area contributed by atoms with E-state index >= 15 is 0 Å². The second-order valence-electron chi connectivity index (χ2n) is 2.49. The van der Waals surface area contributed by atoms with Crippen molar-refractivity contribution in [1.29, 1.82) is 0 Å². The summed E-state index contributed by atoms with van der Waals surface area (Å²) in [6.07, 6.45) is 2.45. The molecule has 0 aromatic heterocycles. The summed E-state index contributed by atoms with van der Waals surface area (Å²) in [6.45, 7) is 9.02. The van der Waals surface area contributed by atoms with Gasteiger partial charge < -0.3 is 4.52 Å². The van der Waals surface area contributed by atoms with Crippen molar-refractivity contribution in [2.24, 2.45) is 0 Å². The van der Waals surface area contributed by atoms with E-state index in [4.69, 9.17) is 4.52 Å². The summed E-state index contributed by atoms with van der Waals surface area (Å²) in [6, 6.07) is 0. The molecule has 0 rings (SSSR count). The molecular weight excluding hydrogens is 187 g/mol. The van der Waals surface area contributed by atoms with E-state index in [1.165, 1.54) is 0 Å². The van der Waals surface area contributed by atoms with Crippen LogP contribution in [0.3, 0.4) is 0 Å². The molecule has 0 aromatic rings. The zero-order valence-corrected chi connectivity index (χ0v) is 9.27. The molecule has 0 aliphatic heterocycles. The van der Waals surface area contributed by atoms with Gasteiger partial charge in [0.15, 0.2) is 0 Å². The maximum atomic E-state index is 11.8. The van der Waals surface area contributed by atoms with Gasteiger partial charge in [-0.15, -0.1) is 6.58 Å². The van der Waals surface area contributed by atoms with Gasteiger partial charge in [0.1, 0.15) is 0 Å². The summed E-state index contributed by atoms with van der Waals surface area (Å²) in [5.41, 5.74) is 0. The summed E-state index contributed by atoms with van der Waals surface area (Å²) in [5.74, 6) is 0. The van der Waals surface area contributed by atoms with Crippen molar-refractivity contribution < 1.29 is 9.09 Å². The Morgan fingerprint density at radius 1 is 1.38 bits per heavy atom. The molecule has 0 bridgehead atoms. The zero-order valence-electron chi connectivity index (χ0n) is 8.38. The summed E-state index contributed by atoms with van der Waals surface area (Å²) in [4.78, 5) is 0. The fourth-order valence-corrected chi connectivity index (χ4v) is 2.32. The molecule has 78 valence electrons. The fourth-order valence-electron chi connectivity index (χ4n) is 0.828. The maximum Gasteiger partial charge on any atom is 0.340 e. The van der Waals surface area contributed by atoms with E-state index in [0.717, 1.165) is 0 Å². The van der Waals surface area contributed by atoms with Crippen LogP contribution in [0.5, 0.6) is 0 Å². The summed E-state index contributed by atoms with van der Waals surface area (Å²) in [5, 5.41) is 5.61. The molecule has 0 aliphatic rings. The topological polar surface area (TPSA) is 50.4 Å². The minimum Gasteiger partial charge on any atom is -0.306 e. The lowest BCUT2D eigenvalue weighted by Gasteiger charge is -2.18. The molecule has 0 heterocycles. The van der Waals surface area contributed by atoms with Gasteiger partial charge in [-0.3, -0.25) is 4.57 Å². The van der Waals surface area contributed by atoms with Crippen molar-refractivity contribution >= 4 is 7.67 Å². The molecule has 0 atom stereocenters. The molecule has 0 unspecified atom stereocenters. The van der Waals surface area contributed by atoms with Crippen LogP contribution >= 0.6 is 7.67 Å². The molecule has 0 saturated carbocycles. The smallest absolute Gasteiger partial charge is 0.306 e. The quantitative estimate of drug-likeness (QED) is 0.362. The number of hydrogen-bond acceptors (Lipinski definition) is 2. The fraction of sp³-hybridized carbons (Fsp3) is 0.750. The standard InChI is InChI=1S/C8H19N2O2P/c1-4-7-8-12-13(11,9-5-2)10-6-3/h4H,1,5-8H2,2-3H3,(H2,9,10,11). The third-order valence-electron chi connectivity index (χ3n) is 1.33. The normalized spacial score (nSPS) is 11.5. The largest absolute Gasteiger partial charge is 0.340 e. The van der Waals surface area contributed by atoms with Gasteiger partial charge in [-0.25, -0.2) is 10.2 Å². The van der Waals surface area contributed by atoms with Crippen molar-refractivity contribution in [3.05, 3.63) is 12.7 Å². The van der Waals surface area contributed by atoms with Crippen molar-refractivity contribution in [1.82, 2.24) is 10.2 Å². The van der Waals surface area contributed by atoms with Crippen LogP contribution in [0, 0.1) is 0 Å². The molecule has 0 radical (unpaired) electrons. The average molecular weight is 206 g/mol. The van der Waals surface area contributed by atoms with Gasteiger partial charge in [0.2, 0.25) is 0 Å². The van der Waals surface area contributed by atoms with Crippen molar-refractivity contribution in [2.45, 2.75) is 20.3 Å². The Kier molecular flexibility index (Phi) is 7.19. The molecule has 0 aliphatic carbocycles. The Labute approximate surface area is 80.3 Å². The first-order valence-corrected chi connectivity index (χ1v) is 6.16. The number of nitrogens with one attached hydrogen (secondary N) is 2. The van der Waals surface area contributed by atoms with E-state index in [9.17, 15) is 4.57 Å². The minimum absolute atomic E-state index is 0.431. The predicted molar refractivity (Wildman–Crippen MR) is 55.7 cm³/mol. The lowest BCUT2D eigenvalue weighted by molar-refractivity contribution is 0.304. The van der Waals surface area contributed by atoms with E-state index in [1.54, 1.807) is 6.08 Å². The van der Waals surface area contributed by atoms with Crippen LogP contribution < -0.4 is 10.2 Å². The molecular formula is C8H19N2O2P. The third-order valence-corrected chi connectivity index (χ3v) is 3.34. The van der Waals surface area contributed by atoms with Crippen molar-refractivity contribution in [3.8, 4) is 0 Å². The van der Waals surface area contributed by atoms with E-state index in [1.807, 2.05) is 13.8 Å². The average Bonchev–Trinajstić information content (AvgIpc) is 2.05. The summed E-state index contributed by atoms with van der Waals surface area (Å²) in [7, 11) is -2.80. The van der Waals surface area contributed by atoms with Gasteiger partial charge in [-0.05, 0) is 6.42 Å². The Morgan fingerprint density at radius 3 is 2.31 bits per heavy atom. The van der Waals surface area contributed by atoms with Crippen molar-refractivity contribution in [3.63, 3.8) is 0 Å². The van der Waals surface area contributed by atoms with Crippen LogP contribution in [0.25, 0.3) is 0 Å². The molecule has 13 heavy (non-hydrogen) atoms. The summed E-state index contributed by atoms with van der Waals surface area (Å²) < 4.78 is 17.0. The van der Waals surface area contributed by atoms with E-state index in [0.29, 0.717) is 26.1 Å².